The molecule has 9 heteroatoms. The summed E-state index contributed by atoms with van der Waals surface area (Å²) in [4.78, 5) is 13.6. The molecule has 1 heterocycles. The van der Waals surface area contributed by atoms with E-state index in [0.717, 1.165) is 22.3 Å². The number of carbonyl (C=O) groups excluding carboxylic acids is 1. The highest BCUT2D eigenvalue weighted by atomic mass is 35.5. The van der Waals surface area contributed by atoms with E-state index in [-0.39, 0.29) is 29.6 Å². The summed E-state index contributed by atoms with van der Waals surface area (Å²) in [5.41, 5.74) is 0.295. The first-order valence-corrected chi connectivity index (χ1v) is 9.92. The summed E-state index contributed by atoms with van der Waals surface area (Å²) in [6, 6.07) is 4.28. The van der Waals surface area contributed by atoms with Gasteiger partial charge in [0.25, 0.3) is 5.91 Å². The first kappa shape index (κ1) is 20.1. The van der Waals surface area contributed by atoms with E-state index in [0.29, 0.717) is 10.7 Å². The van der Waals surface area contributed by atoms with E-state index in [2.05, 4.69) is 5.32 Å². The topological polar surface area (TPSA) is 80.2 Å². The number of hydrogen-bond acceptors (Lipinski definition) is 4. The number of amides is 1. The second-order valence-electron chi connectivity index (χ2n) is 6.57. The van der Waals surface area contributed by atoms with Crippen molar-refractivity contribution in [2.24, 2.45) is 0 Å². The Labute approximate surface area is 153 Å². The predicted octanol–water partition coefficient (Wildman–Crippen LogP) is 0.221. The molecule has 1 amide bonds. The van der Waals surface area contributed by atoms with Crippen LogP contribution in [-0.2, 0) is 19.6 Å². The molecule has 1 saturated heterocycles. The third kappa shape index (κ3) is 5.15. The summed E-state index contributed by atoms with van der Waals surface area (Å²) in [7, 11) is -0.691. The van der Waals surface area contributed by atoms with Gasteiger partial charge in [0.2, 0.25) is 10.0 Å². The summed E-state index contributed by atoms with van der Waals surface area (Å²) in [5.74, 6) is -0.211. The predicted molar refractivity (Wildman–Crippen MR) is 96.5 cm³/mol. The Morgan fingerprint density at radius 2 is 1.92 bits per heavy atom. The zero-order chi connectivity index (χ0) is 18.8. The number of nitrogens with one attached hydrogen (secondary N) is 2. The van der Waals surface area contributed by atoms with E-state index < -0.39 is 10.0 Å². The highest BCUT2D eigenvalue weighted by Gasteiger charge is 2.27. The van der Waals surface area contributed by atoms with E-state index in [1.54, 1.807) is 0 Å². The monoisotopic (exact) mass is 390 g/mol. The number of anilines is 1. The molecular weight excluding hydrogens is 366 g/mol. The van der Waals surface area contributed by atoms with Crippen LogP contribution in [-0.4, -0.2) is 64.6 Å². The van der Waals surface area contributed by atoms with Crippen molar-refractivity contribution in [3.63, 3.8) is 0 Å². The SMILES string of the molecule is C[C@H]1C[NH+](CC(=O)Nc2cc(S(=O)(=O)N(C)C)ccc2Cl)C[C@H](C)O1. The van der Waals surface area contributed by atoms with Crippen molar-refractivity contribution < 1.29 is 22.8 Å². The minimum absolute atomic E-state index is 0.0816. The van der Waals surface area contributed by atoms with Crippen molar-refractivity contribution in [3.05, 3.63) is 23.2 Å². The fourth-order valence-electron chi connectivity index (χ4n) is 2.93. The van der Waals surface area contributed by atoms with Gasteiger partial charge < -0.3 is 15.0 Å². The summed E-state index contributed by atoms with van der Waals surface area (Å²) in [6.45, 7) is 5.75. The van der Waals surface area contributed by atoms with Crippen LogP contribution in [0.1, 0.15) is 13.8 Å². The summed E-state index contributed by atoms with van der Waals surface area (Å²) in [6.07, 6.45) is 0.201. The molecule has 140 valence electrons. The summed E-state index contributed by atoms with van der Waals surface area (Å²) < 4.78 is 31.2. The average molecular weight is 391 g/mol. The number of carbonyl (C=O) groups is 1. The van der Waals surface area contributed by atoms with Crippen LogP contribution < -0.4 is 10.2 Å². The highest BCUT2D eigenvalue weighted by molar-refractivity contribution is 7.89. The Hall–Kier alpha value is -1.19. The van der Waals surface area contributed by atoms with Gasteiger partial charge in [0.1, 0.15) is 25.3 Å². The lowest BCUT2D eigenvalue weighted by molar-refractivity contribution is -0.907. The van der Waals surface area contributed by atoms with Crippen LogP contribution in [0.4, 0.5) is 5.69 Å². The van der Waals surface area contributed by atoms with Gasteiger partial charge in [0.05, 0.1) is 15.6 Å². The van der Waals surface area contributed by atoms with Crippen LogP contribution in [0.15, 0.2) is 23.1 Å². The molecule has 1 aromatic carbocycles. The van der Waals surface area contributed by atoms with E-state index in [4.69, 9.17) is 16.3 Å². The first-order chi connectivity index (χ1) is 11.6. The molecule has 2 atom stereocenters. The van der Waals surface area contributed by atoms with Gasteiger partial charge in [-0.25, -0.2) is 12.7 Å². The Morgan fingerprint density at radius 3 is 2.48 bits per heavy atom. The summed E-state index contributed by atoms with van der Waals surface area (Å²) in [5, 5.41) is 3.02. The number of nitrogens with zero attached hydrogens (tertiary/aromatic N) is 1. The van der Waals surface area contributed by atoms with Crippen molar-refractivity contribution in [1.29, 1.82) is 0 Å². The molecule has 0 saturated carbocycles. The number of quaternary nitrogens is 1. The molecule has 2 rings (SSSR count). The molecule has 0 aliphatic carbocycles. The van der Waals surface area contributed by atoms with Crippen molar-refractivity contribution in [1.82, 2.24) is 4.31 Å². The van der Waals surface area contributed by atoms with E-state index >= 15 is 0 Å². The number of rotatable bonds is 5. The fourth-order valence-corrected chi connectivity index (χ4v) is 4.02. The minimum Gasteiger partial charge on any atom is -0.364 e. The highest BCUT2D eigenvalue weighted by Crippen LogP contribution is 2.26. The van der Waals surface area contributed by atoms with Crippen LogP contribution in [0.25, 0.3) is 0 Å². The molecule has 0 spiro atoms. The zero-order valence-electron chi connectivity index (χ0n) is 14.9. The van der Waals surface area contributed by atoms with Gasteiger partial charge >= 0.3 is 0 Å². The molecule has 0 bridgehead atoms. The third-order valence-electron chi connectivity index (χ3n) is 4.02. The van der Waals surface area contributed by atoms with Gasteiger partial charge in [-0.2, -0.15) is 0 Å². The molecule has 0 radical (unpaired) electrons. The third-order valence-corrected chi connectivity index (χ3v) is 6.16. The molecule has 7 nitrogen and oxygen atoms in total. The normalized spacial score (nSPS) is 24.3. The maximum absolute atomic E-state index is 12.3. The van der Waals surface area contributed by atoms with Crippen LogP contribution in [0.3, 0.4) is 0 Å². The van der Waals surface area contributed by atoms with Gasteiger partial charge in [0, 0.05) is 14.1 Å². The molecule has 2 N–H and O–H groups in total. The van der Waals surface area contributed by atoms with Crippen molar-refractivity contribution in [3.8, 4) is 0 Å². The number of benzene rings is 1. The first-order valence-electron chi connectivity index (χ1n) is 8.10. The largest absolute Gasteiger partial charge is 0.364 e. The average Bonchev–Trinajstić information content (AvgIpc) is 2.47. The van der Waals surface area contributed by atoms with Crippen LogP contribution in [0.2, 0.25) is 5.02 Å². The quantitative estimate of drug-likeness (QED) is 0.753. The molecule has 1 fully saturated rings. The van der Waals surface area contributed by atoms with Gasteiger partial charge in [-0.1, -0.05) is 11.6 Å². The lowest BCUT2D eigenvalue weighted by Crippen LogP contribution is -3.16. The second-order valence-corrected chi connectivity index (χ2v) is 9.13. The van der Waals surface area contributed by atoms with Gasteiger partial charge in [-0.3, -0.25) is 4.79 Å². The van der Waals surface area contributed by atoms with E-state index in [9.17, 15) is 13.2 Å². The van der Waals surface area contributed by atoms with Crippen LogP contribution in [0, 0.1) is 0 Å². The van der Waals surface area contributed by atoms with Crippen LogP contribution >= 0.6 is 11.6 Å². The smallest absolute Gasteiger partial charge is 0.279 e. The number of halogens is 1. The summed E-state index contributed by atoms with van der Waals surface area (Å²) >= 11 is 6.11. The number of sulfonamides is 1. The lowest BCUT2D eigenvalue weighted by Gasteiger charge is -2.31. The maximum Gasteiger partial charge on any atom is 0.279 e. The Kier molecular flexibility index (Phi) is 6.45. The Balaban J connectivity index is 2.10. The lowest BCUT2D eigenvalue weighted by atomic mass is 10.2. The standard InChI is InChI=1S/C16H24ClN3O4S/c1-11-8-20(9-12(2)24-11)10-16(21)18-15-7-13(5-6-14(15)17)25(22,23)19(3)4/h5-7,11-12H,8-10H2,1-4H3,(H,18,21)/p+1/t11-,12-/m0/s1. The number of hydrogen-bond donors (Lipinski definition) is 2. The van der Waals surface area contributed by atoms with Crippen molar-refractivity contribution in [2.75, 3.05) is 39.0 Å². The van der Waals surface area contributed by atoms with Gasteiger partial charge in [-0.15, -0.1) is 0 Å². The number of ether oxygens (including phenoxy) is 1. The number of morpholine rings is 1. The minimum atomic E-state index is -3.59. The van der Waals surface area contributed by atoms with Crippen LogP contribution in [0.5, 0.6) is 0 Å². The second kappa shape index (κ2) is 8.01. The zero-order valence-corrected chi connectivity index (χ0v) is 16.4. The van der Waals surface area contributed by atoms with E-state index in [1.165, 1.54) is 32.3 Å². The molecule has 1 aliphatic rings. The van der Waals surface area contributed by atoms with Crippen molar-refractivity contribution in [2.45, 2.75) is 31.0 Å². The molecule has 1 aliphatic heterocycles. The maximum atomic E-state index is 12.3. The molecular formula is C16H25ClN3O4S+. The molecule has 0 unspecified atom stereocenters. The van der Waals surface area contributed by atoms with E-state index in [1.807, 2.05) is 13.8 Å². The van der Waals surface area contributed by atoms with Gasteiger partial charge in [0.15, 0.2) is 6.54 Å². The fraction of sp³-hybridized carbons (Fsp3) is 0.562. The molecule has 25 heavy (non-hydrogen) atoms. The molecule has 0 aromatic heterocycles. The van der Waals surface area contributed by atoms with Gasteiger partial charge in [-0.05, 0) is 32.0 Å². The Bertz CT molecular complexity index is 729. The molecule has 1 aromatic rings. The van der Waals surface area contributed by atoms with Crippen molar-refractivity contribution >= 4 is 33.2 Å². The Morgan fingerprint density at radius 1 is 1.32 bits per heavy atom.